The van der Waals surface area contributed by atoms with Gasteiger partial charge >= 0.3 is 0 Å². The van der Waals surface area contributed by atoms with E-state index in [1.807, 2.05) is 54.0 Å². The molecule has 0 aliphatic carbocycles. The van der Waals surface area contributed by atoms with Gasteiger partial charge in [0, 0.05) is 6.54 Å². The summed E-state index contributed by atoms with van der Waals surface area (Å²) in [6, 6.07) is 15.9. The monoisotopic (exact) mass is 396 g/mol. The van der Waals surface area contributed by atoms with Gasteiger partial charge in [0.25, 0.3) is 0 Å². The van der Waals surface area contributed by atoms with Crippen molar-refractivity contribution in [3.8, 4) is 11.4 Å². The van der Waals surface area contributed by atoms with Crippen LogP contribution in [0.1, 0.15) is 17.0 Å². The molecular formula is C21H24N4O2S. The Morgan fingerprint density at radius 2 is 1.86 bits per heavy atom. The van der Waals surface area contributed by atoms with Gasteiger partial charge in [-0.1, -0.05) is 42.1 Å². The minimum absolute atomic E-state index is 0.0181. The first kappa shape index (κ1) is 19.9. The molecule has 28 heavy (non-hydrogen) atoms. The molecule has 0 aliphatic heterocycles. The maximum absolute atomic E-state index is 12.2. The third-order valence-corrected chi connectivity index (χ3v) is 5.31. The van der Waals surface area contributed by atoms with Crippen LogP contribution in [-0.4, -0.2) is 40.1 Å². The summed E-state index contributed by atoms with van der Waals surface area (Å²) in [5.41, 5.74) is 3.33. The Morgan fingerprint density at radius 3 is 2.57 bits per heavy atom. The van der Waals surface area contributed by atoms with Gasteiger partial charge in [-0.25, -0.2) is 0 Å². The van der Waals surface area contributed by atoms with Crippen molar-refractivity contribution in [1.29, 1.82) is 0 Å². The Labute approximate surface area is 169 Å². The maximum atomic E-state index is 12.2. The lowest BCUT2D eigenvalue weighted by molar-refractivity contribution is -0.118. The van der Waals surface area contributed by atoms with E-state index in [1.165, 1.54) is 11.8 Å². The quantitative estimate of drug-likeness (QED) is 0.592. The summed E-state index contributed by atoms with van der Waals surface area (Å²) >= 11 is 1.39. The molecule has 0 saturated heterocycles. The number of carbonyl (C=O) groups is 1. The fraction of sp³-hybridized carbons (Fsp3) is 0.286. The third kappa shape index (κ3) is 4.92. The number of thioether (sulfide) groups is 1. The first-order chi connectivity index (χ1) is 13.6. The first-order valence-electron chi connectivity index (χ1n) is 9.09. The smallest absolute Gasteiger partial charge is 0.230 e. The van der Waals surface area contributed by atoms with E-state index < -0.39 is 0 Å². The lowest BCUT2D eigenvalue weighted by Crippen LogP contribution is -2.27. The van der Waals surface area contributed by atoms with E-state index in [4.69, 9.17) is 4.74 Å². The molecule has 1 amide bonds. The van der Waals surface area contributed by atoms with Crippen LogP contribution < -0.4 is 10.1 Å². The van der Waals surface area contributed by atoms with Gasteiger partial charge in [-0.3, -0.25) is 9.36 Å². The maximum Gasteiger partial charge on any atom is 0.230 e. The number of para-hydroxylation sites is 1. The number of ether oxygens (including phenoxy) is 1. The van der Waals surface area contributed by atoms with E-state index in [9.17, 15) is 4.79 Å². The van der Waals surface area contributed by atoms with Crippen LogP contribution in [0.4, 0.5) is 0 Å². The number of amides is 1. The Bertz CT molecular complexity index is 938. The number of hydrogen-bond acceptors (Lipinski definition) is 5. The van der Waals surface area contributed by atoms with E-state index >= 15 is 0 Å². The Kier molecular flexibility index (Phi) is 6.71. The molecule has 0 aliphatic rings. The van der Waals surface area contributed by atoms with E-state index in [0.29, 0.717) is 12.3 Å². The molecule has 0 spiro atoms. The molecule has 6 nitrogen and oxygen atoms in total. The predicted octanol–water partition coefficient (Wildman–Crippen LogP) is 3.34. The molecule has 2 aromatic carbocycles. The average Bonchev–Trinajstić information content (AvgIpc) is 3.07. The molecule has 1 heterocycles. The minimum Gasteiger partial charge on any atom is -0.497 e. The molecule has 1 N–H and O–H groups in total. The highest BCUT2D eigenvalue weighted by Gasteiger charge is 2.14. The van der Waals surface area contributed by atoms with Gasteiger partial charge in [0.2, 0.25) is 5.91 Å². The number of rotatable bonds is 8. The van der Waals surface area contributed by atoms with Crippen molar-refractivity contribution in [2.24, 2.45) is 0 Å². The van der Waals surface area contributed by atoms with Crippen molar-refractivity contribution in [2.75, 3.05) is 19.4 Å². The van der Waals surface area contributed by atoms with Crippen LogP contribution in [0, 0.1) is 13.8 Å². The van der Waals surface area contributed by atoms with Gasteiger partial charge in [0.1, 0.15) is 11.6 Å². The Morgan fingerprint density at radius 1 is 1.11 bits per heavy atom. The van der Waals surface area contributed by atoms with Crippen molar-refractivity contribution < 1.29 is 9.53 Å². The molecule has 0 fully saturated rings. The number of aromatic nitrogens is 3. The lowest BCUT2D eigenvalue weighted by Gasteiger charge is -2.11. The van der Waals surface area contributed by atoms with Gasteiger partial charge in [0.05, 0.1) is 18.6 Å². The van der Waals surface area contributed by atoms with E-state index in [2.05, 4.69) is 28.5 Å². The van der Waals surface area contributed by atoms with Gasteiger partial charge in [-0.05, 0) is 49.6 Å². The summed E-state index contributed by atoms with van der Waals surface area (Å²) in [6.07, 6.45) is 0.777. The molecule has 1 aromatic heterocycles. The van der Waals surface area contributed by atoms with Gasteiger partial charge in [0.15, 0.2) is 5.16 Å². The van der Waals surface area contributed by atoms with Crippen molar-refractivity contribution in [3.63, 3.8) is 0 Å². The highest BCUT2D eigenvalue weighted by atomic mass is 32.2. The van der Waals surface area contributed by atoms with E-state index in [-0.39, 0.29) is 5.91 Å². The van der Waals surface area contributed by atoms with Crippen LogP contribution in [0.2, 0.25) is 0 Å². The summed E-state index contributed by atoms with van der Waals surface area (Å²) < 4.78 is 7.14. The predicted molar refractivity (Wildman–Crippen MR) is 111 cm³/mol. The summed E-state index contributed by atoms with van der Waals surface area (Å²) in [7, 11) is 1.65. The van der Waals surface area contributed by atoms with Crippen LogP contribution in [0.3, 0.4) is 0 Å². The molecular weight excluding hydrogens is 372 g/mol. The normalized spacial score (nSPS) is 10.7. The van der Waals surface area contributed by atoms with Crippen LogP contribution in [0.5, 0.6) is 5.75 Å². The minimum atomic E-state index is -0.0181. The van der Waals surface area contributed by atoms with Crippen molar-refractivity contribution in [1.82, 2.24) is 20.1 Å². The van der Waals surface area contributed by atoms with Crippen molar-refractivity contribution in [2.45, 2.75) is 25.4 Å². The second kappa shape index (κ2) is 9.41. The van der Waals surface area contributed by atoms with Crippen molar-refractivity contribution >= 4 is 17.7 Å². The van der Waals surface area contributed by atoms with Gasteiger partial charge < -0.3 is 10.1 Å². The molecule has 0 atom stereocenters. The molecule has 0 saturated carbocycles. The molecule has 146 valence electrons. The fourth-order valence-corrected chi connectivity index (χ4v) is 3.67. The molecule has 0 bridgehead atoms. The zero-order chi connectivity index (χ0) is 19.9. The third-order valence-electron chi connectivity index (χ3n) is 4.38. The lowest BCUT2D eigenvalue weighted by atomic mass is 10.1. The zero-order valence-corrected chi connectivity index (χ0v) is 17.1. The molecule has 3 rings (SSSR count). The number of hydrogen-bond donors (Lipinski definition) is 1. The molecule has 0 radical (unpaired) electrons. The number of benzene rings is 2. The van der Waals surface area contributed by atoms with Crippen LogP contribution in [0.15, 0.2) is 53.7 Å². The molecule has 7 heteroatoms. The van der Waals surface area contributed by atoms with Crippen LogP contribution >= 0.6 is 11.8 Å². The fourth-order valence-electron chi connectivity index (χ4n) is 2.85. The number of nitrogens with zero attached hydrogens (tertiary/aromatic N) is 3. The van der Waals surface area contributed by atoms with Gasteiger partial charge in [-0.2, -0.15) is 0 Å². The summed E-state index contributed by atoms with van der Waals surface area (Å²) in [5.74, 6) is 1.91. The standard InChI is InChI=1S/C21H24N4O2S/c1-15-6-4-5-7-19(15)25-16(2)23-24-21(25)28-14-20(26)22-13-12-17-8-10-18(27-3)11-9-17/h4-11H,12-14H2,1-3H3,(H,22,26). The first-order valence-corrected chi connectivity index (χ1v) is 10.1. The summed E-state index contributed by atoms with van der Waals surface area (Å²) in [4.78, 5) is 12.2. The molecule has 3 aromatic rings. The largest absolute Gasteiger partial charge is 0.497 e. The second-order valence-electron chi connectivity index (χ2n) is 6.39. The van der Waals surface area contributed by atoms with E-state index in [1.54, 1.807) is 7.11 Å². The molecule has 0 unspecified atom stereocenters. The van der Waals surface area contributed by atoms with Crippen LogP contribution in [0.25, 0.3) is 5.69 Å². The number of methoxy groups -OCH3 is 1. The number of aryl methyl sites for hydroxylation is 2. The topological polar surface area (TPSA) is 69.0 Å². The number of carbonyl (C=O) groups excluding carboxylic acids is 1. The average molecular weight is 397 g/mol. The summed E-state index contributed by atoms with van der Waals surface area (Å²) in [5, 5.41) is 12.1. The van der Waals surface area contributed by atoms with Gasteiger partial charge in [-0.15, -0.1) is 10.2 Å². The highest BCUT2D eigenvalue weighted by Crippen LogP contribution is 2.23. The SMILES string of the molecule is COc1ccc(CCNC(=O)CSc2nnc(C)n2-c2ccccc2C)cc1. The second-order valence-corrected chi connectivity index (χ2v) is 7.33. The van der Waals surface area contributed by atoms with E-state index in [0.717, 1.165) is 40.0 Å². The Hall–Kier alpha value is -2.80. The van der Waals surface area contributed by atoms with Crippen molar-refractivity contribution in [3.05, 3.63) is 65.5 Å². The number of nitrogens with one attached hydrogen (secondary N) is 1. The Balaban J connectivity index is 1.53. The summed E-state index contributed by atoms with van der Waals surface area (Å²) in [6.45, 7) is 4.56. The van der Waals surface area contributed by atoms with Crippen LogP contribution in [-0.2, 0) is 11.2 Å². The zero-order valence-electron chi connectivity index (χ0n) is 16.3. The highest BCUT2D eigenvalue weighted by molar-refractivity contribution is 7.99.